The van der Waals surface area contributed by atoms with Crippen molar-refractivity contribution in [1.82, 2.24) is 0 Å². The van der Waals surface area contributed by atoms with Gasteiger partial charge in [0.05, 0.1) is 5.92 Å². The minimum atomic E-state index is 0.0227. The number of hydrogen-bond acceptors (Lipinski definition) is 3. The molecule has 0 unspecified atom stereocenters. The van der Waals surface area contributed by atoms with Crippen molar-refractivity contribution >= 4 is 12.3 Å². The zero-order valence-electron chi connectivity index (χ0n) is 12.7. The molecule has 0 bridgehead atoms. The zero-order valence-corrected chi connectivity index (χ0v) is 12.7. The quantitative estimate of drug-likeness (QED) is 0.567. The number of carbonyl (C=O) groups excluding carboxylic acids is 2. The summed E-state index contributed by atoms with van der Waals surface area (Å²) in [5.41, 5.74) is 0. The summed E-state index contributed by atoms with van der Waals surface area (Å²) in [5, 5.41) is 0. The van der Waals surface area contributed by atoms with Crippen LogP contribution in [0.25, 0.3) is 0 Å². The van der Waals surface area contributed by atoms with Gasteiger partial charge < -0.3 is 9.53 Å². The van der Waals surface area contributed by atoms with Gasteiger partial charge in [-0.1, -0.05) is 19.8 Å². The lowest BCUT2D eigenvalue weighted by atomic mass is 9.80. The van der Waals surface area contributed by atoms with E-state index in [1.165, 1.54) is 25.7 Å². The molecular weight excluding hydrogens is 252 g/mol. The molecule has 2 fully saturated rings. The molecule has 3 nitrogen and oxygen atoms in total. The Balaban J connectivity index is 1.69. The van der Waals surface area contributed by atoms with Gasteiger partial charge in [-0.2, -0.15) is 0 Å². The first-order chi connectivity index (χ1) is 9.72. The van der Waals surface area contributed by atoms with Crippen LogP contribution in [0.4, 0.5) is 0 Å². The lowest BCUT2D eigenvalue weighted by Gasteiger charge is -2.30. The summed E-state index contributed by atoms with van der Waals surface area (Å²) in [4.78, 5) is 22.9. The first-order valence-corrected chi connectivity index (χ1v) is 8.38. The summed E-state index contributed by atoms with van der Waals surface area (Å²) in [7, 11) is 0. The number of ether oxygens (including phenoxy) is 1. The topological polar surface area (TPSA) is 43.4 Å². The van der Waals surface area contributed by atoms with Gasteiger partial charge in [-0.05, 0) is 57.3 Å². The second kappa shape index (κ2) is 7.80. The number of hydrogen-bond donors (Lipinski definition) is 0. The highest BCUT2D eigenvalue weighted by molar-refractivity contribution is 5.72. The Hall–Kier alpha value is -0.860. The monoisotopic (exact) mass is 280 g/mol. The molecule has 0 heterocycles. The predicted octanol–water partition coefficient (Wildman–Crippen LogP) is 3.89. The van der Waals surface area contributed by atoms with Crippen molar-refractivity contribution in [1.29, 1.82) is 0 Å². The maximum Gasteiger partial charge on any atom is 0.309 e. The van der Waals surface area contributed by atoms with Gasteiger partial charge in [0.2, 0.25) is 0 Å². The number of rotatable bonds is 5. The van der Waals surface area contributed by atoms with E-state index in [1.807, 2.05) is 0 Å². The standard InChI is InChI=1S/C17H28O3/c1-2-3-13-4-8-15(9-5-13)17(19)20-16-10-6-14(12-18)7-11-16/h12-16H,2-11H2,1H3/t13-,14-,15-,16-. The summed E-state index contributed by atoms with van der Waals surface area (Å²) >= 11 is 0. The summed E-state index contributed by atoms with van der Waals surface area (Å²) < 4.78 is 5.66. The van der Waals surface area contributed by atoms with Gasteiger partial charge in [-0.25, -0.2) is 0 Å². The van der Waals surface area contributed by atoms with Crippen molar-refractivity contribution in [2.45, 2.75) is 77.2 Å². The fourth-order valence-electron chi connectivity index (χ4n) is 3.70. The van der Waals surface area contributed by atoms with E-state index in [2.05, 4.69) is 6.92 Å². The molecule has 2 rings (SSSR count). The third-order valence-corrected chi connectivity index (χ3v) is 5.07. The molecule has 0 atom stereocenters. The highest BCUT2D eigenvalue weighted by Crippen LogP contribution is 2.33. The second-order valence-corrected chi connectivity index (χ2v) is 6.62. The smallest absolute Gasteiger partial charge is 0.309 e. The van der Waals surface area contributed by atoms with Crippen molar-refractivity contribution in [3.05, 3.63) is 0 Å². The molecule has 0 radical (unpaired) electrons. The molecule has 0 aromatic carbocycles. The van der Waals surface area contributed by atoms with E-state index in [0.29, 0.717) is 0 Å². The molecule has 114 valence electrons. The van der Waals surface area contributed by atoms with Crippen LogP contribution in [0.15, 0.2) is 0 Å². The summed E-state index contributed by atoms with van der Waals surface area (Å²) in [6.45, 7) is 2.23. The summed E-state index contributed by atoms with van der Waals surface area (Å²) in [6, 6.07) is 0. The molecule has 0 aromatic rings. The molecule has 0 aliphatic heterocycles. The Bertz CT molecular complexity index is 310. The third-order valence-electron chi connectivity index (χ3n) is 5.07. The van der Waals surface area contributed by atoms with Crippen molar-refractivity contribution in [3.8, 4) is 0 Å². The lowest BCUT2D eigenvalue weighted by molar-refractivity contribution is -0.157. The highest BCUT2D eigenvalue weighted by Gasteiger charge is 2.30. The van der Waals surface area contributed by atoms with E-state index in [1.54, 1.807) is 0 Å². The minimum Gasteiger partial charge on any atom is -0.462 e. The zero-order chi connectivity index (χ0) is 14.4. The molecule has 3 heteroatoms. The number of carbonyl (C=O) groups is 2. The fraction of sp³-hybridized carbons (Fsp3) is 0.882. The summed E-state index contributed by atoms with van der Waals surface area (Å²) in [5.74, 6) is 1.17. The lowest BCUT2D eigenvalue weighted by Crippen LogP contribution is -2.30. The van der Waals surface area contributed by atoms with Gasteiger partial charge in [-0.3, -0.25) is 4.79 Å². The molecule has 0 spiro atoms. The van der Waals surface area contributed by atoms with Crippen molar-refractivity contribution in [2.75, 3.05) is 0 Å². The SMILES string of the molecule is CCC[C@H]1CC[C@H](C(=O)O[C@H]2CC[C@H](C=O)CC2)CC1. The normalized spacial score (nSPS) is 34.5. The van der Waals surface area contributed by atoms with Gasteiger partial charge in [0.15, 0.2) is 0 Å². The Morgan fingerprint density at radius 3 is 2.25 bits per heavy atom. The minimum absolute atomic E-state index is 0.0227. The van der Waals surface area contributed by atoms with Gasteiger partial charge in [0, 0.05) is 5.92 Å². The van der Waals surface area contributed by atoms with E-state index in [9.17, 15) is 9.59 Å². The predicted molar refractivity (Wildman–Crippen MR) is 78.3 cm³/mol. The largest absolute Gasteiger partial charge is 0.462 e. The van der Waals surface area contributed by atoms with Crippen LogP contribution in [-0.4, -0.2) is 18.4 Å². The van der Waals surface area contributed by atoms with Crippen LogP contribution in [0.3, 0.4) is 0 Å². The van der Waals surface area contributed by atoms with Crippen LogP contribution in [0, 0.1) is 17.8 Å². The number of esters is 1. The van der Waals surface area contributed by atoms with Crippen LogP contribution in [0.5, 0.6) is 0 Å². The molecule has 0 saturated heterocycles. The van der Waals surface area contributed by atoms with Crippen molar-refractivity contribution in [3.63, 3.8) is 0 Å². The molecule has 2 aliphatic carbocycles. The van der Waals surface area contributed by atoms with E-state index < -0.39 is 0 Å². The Morgan fingerprint density at radius 1 is 1.05 bits per heavy atom. The van der Waals surface area contributed by atoms with Crippen LogP contribution in [0.1, 0.15) is 71.1 Å². The van der Waals surface area contributed by atoms with Gasteiger partial charge in [-0.15, -0.1) is 0 Å². The van der Waals surface area contributed by atoms with Crippen molar-refractivity contribution in [2.24, 2.45) is 17.8 Å². The molecule has 20 heavy (non-hydrogen) atoms. The highest BCUT2D eigenvalue weighted by atomic mass is 16.5. The Morgan fingerprint density at radius 2 is 1.70 bits per heavy atom. The molecule has 0 N–H and O–H groups in total. The van der Waals surface area contributed by atoms with Crippen LogP contribution < -0.4 is 0 Å². The van der Waals surface area contributed by atoms with E-state index >= 15 is 0 Å². The molecule has 2 aliphatic rings. The van der Waals surface area contributed by atoms with Crippen LogP contribution in [0.2, 0.25) is 0 Å². The second-order valence-electron chi connectivity index (χ2n) is 6.62. The van der Waals surface area contributed by atoms with E-state index in [4.69, 9.17) is 4.74 Å². The van der Waals surface area contributed by atoms with Crippen LogP contribution >= 0.6 is 0 Å². The van der Waals surface area contributed by atoms with Gasteiger partial charge >= 0.3 is 5.97 Å². The average Bonchev–Trinajstić information content (AvgIpc) is 2.49. The first-order valence-electron chi connectivity index (χ1n) is 8.38. The van der Waals surface area contributed by atoms with E-state index in [-0.39, 0.29) is 23.9 Å². The maximum atomic E-state index is 12.2. The molecular formula is C17H28O3. The Kier molecular flexibility index (Phi) is 6.06. The van der Waals surface area contributed by atoms with Gasteiger partial charge in [0.25, 0.3) is 0 Å². The average molecular weight is 280 g/mol. The molecule has 2 saturated carbocycles. The molecule has 0 amide bonds. The van der Waals surface area contributed by atoms with E-state index in [0.717, 1.165) is 50.7 Å². The van der Waals surface area contributed by atoms with Gasteiger partial charge in [0.1, 0.15) is 12.4 Å². The first kappa shape index (κ1) is 15.5. The third kappa shape index (κ3) is 4.32. The number of aldehydes is 1. The van der Waals surface area contributed by atoms with Crippen molar-refractivity contribution < 1.29 is 14.3 Å². The van der Waals surface area contributed by atoms with Crippen LogP contribution in [-0.2, 0) is 14.3 Å². The fourth-order valence-corrected chi connectivity index (χ4v) is 3.70. The Labute approximate surface area is 122 Å². The molecule has 0 aromatic heterocycles. The summed E-state index contributed by atoms with van der Waals surface area (Å²) in [6.07, 6.45) is 11.5. The maximum absolute atomic E-state index is 12.2.